The average molecular weight is 313 g/mol. The maximum atomic E-state index is 12.2. The number of rotatable bonds is 4. The van der Waals surface area contributed by atoms with E-state index in [1.807, 2.05) is 0 Å². The van der Waals surface area contributed by atoms with E-state index in [-0.39, 0.29) is 4.90 Å². The van der Waals surface area contributed by atoms with Crippen molar-refractivity contribution in [1.29, 1.82) is 0 Å². The van der Waals surface area contributed by atoms with Gasteiger partial charge in [-0.1, -0.05) is 17.7 Å². The number of halogens is 1. The van der Waals surface area contributed by atoms with E-state index in [9.17, 15) is 8.42 Å². The maximum Gasteiger partial charge on any atom is 0.261 e. The third-order valence-corrected chi connectivity index (χ3v) is 4.21. The molecule has 0 aromatic heterocycles. The number of hydrogen-bond donors (Lipinski definition) is 2. The Morgan fingerprint density at radius 3 is 2.60 bits per heavy atom. The van der Waals surface area contributed by atoms with Crippen LogP contribution in [0.4, 0.5) is 11.4 Å². The molecule has 0 aliphatic rings. The fourth-order valence-corrected chi connectivity index (χ4v) is 2.97. The van der Waals surface area contributed by atoms with Crippen molar-refractivity contribution in [3.8, 4) is 5.75 Å². The van der Waals surface area contributed by atoms with Crippen LogP contribution in [-0.4, -0.2) is 15.5 Å². The fourth-order valence-electron chi connectivity index (χ4n) is 1.62. The number of nitrogens with two attached hydrogens (primary N) is 1. The number of sulfonamides is 1. The maximum absolute atomic E-state index is 12.2. The van der Waals surface area contributed by atoms with E-state index in [0.717, 1.165) is 0 Å². The first-order valence-corrected chi connectivity index (χ1v) is 7.50. The minimum atomic E-state index is -3.70. The highest BCUT2D eigenvalue weighted by molar-refractivity contribution is 7.92. The van der Waals surface area contributed by atoms with E-state index < -0.39 is 10.0 Å². The first kappa shape index (κ1) is 14.5. The Morgan fingerprint density at radius 2 is 1.95 bits per heavy atom. The van der Waals surface area contributed by atoms with Gasteiger partial charge in [0.25, 0.3) is 10.0 Å². The molecule has 0 bridgehead atoms. The predicted molar refractivity (Wildman–Crippen MR) is 79.7 cm³/mol. The Hall–Kier alpha value is -1.92. The van der Waals surface area contributed by atoms with Crippen molar-refractivity contribution in [1.82, 2.24) is 0 Å². The summed E-state index contributed by atoms with van der Waals surface area (Å²) in [7, 11) is -2.25. The molecule has 0 aliphatic carbocycles. The molecule has 5 nitrogen and oxygen atoms in total. The molecule has 2 rings (SSSR count). The normalized spacial score (nSPS) is 11.1. The zero-order chi connectivity index (χ0) is 14.8. The summed E-state index contributed by atoms with van der Waals surface area (Å²) in [6.07, 6.45) is 0. The first-order chi connectivity index (χ1) is 9.42. The number of methoxy groups -OCH3 is 1. The summed E-state index contributed by atoms with van der Waals surface area (Å²) in [5, 5.41) is 0.350. The average Bonchev–Trinajstić information content (AvgIpc) is 2.40. The molecule has 0 unspecified atom stereocenters. The Bertz CT molecular complexity index is 732. The van der Waals surface area contributed by atoms with Crippen LogP contribution in [0.2, 0.25) is 5.02 Å². The Balaban J connectivity index is 2.33. The van der Waals surface area contributed by atoms with Crippen LogP contribution >= 0.6 is 11.6 Å². The van der Waals surface area contributed by atoms with Gasteiger partial charge in [-0.05, 0) is 30.3 Å². The number of anilines is 2. The number of ether oxygens (including phenoxy) is 1. The third-order valence-electron chi connectivity index (χ3n) is 2.59. The quantitative estimate of drug-likeness (QED) is 0.851. The van der Waals surface area contributed by atoms with Gasteiger partial charge in [-0.15, -0.1) is 0 Å². The standard InChI is InChI=1S/C13H13ClN2O3S/c1-19-13-8-10(5-6-12(13)15)16-20(17,18)11-4-2-3-9(14)7-11/h2-8,16H,15H2,1H3. The molecule has 0 amide bonds. The molecule has 0 radical (unpaired) electrons. The van der Waals surface area contributed by atoms with Gasteiger partial charge in [0.15, 0.2) is 0 Å². The Kier molecular flexibility index (Phi) is 4.06. The van der Waals surface area contributed by atoms with Crippen molar-refractivity contribution in [2.24, 2.45) is 0 Å². The number of nitrogen functional groups attached to an aromatic ring is 1. The van der Waals surface area contributed by atoms with Crippen LogP contribution in [0.1, 0.15) is 0 Å². The summed E-state index contributed by atoms with van der Waals surface area (Å²) < 4.78 is 31.9. The van der Waals surface area contributed by atoms with Crippen LogP contribution in [0, 0.1) is 0 Å². The van der Waals surface area contributed by atoms with Crippen LogP contribution in [0.25, 0.3) is 0 Å². The minimum Gasteiger partial charge on any atom is -0.495 e. The molecule has 0 atom stereocenters. The largest absolute Gasteiger partial charge is 0.495 e. The summed E-state index contributed by atoms with van der Waals surface area (Å²) >= 11 is 5.79. The van der Waals surface area contributed by atoms with Crippen LogP contribution in [-0.2, 0) is 10.0 Å². The summed E-state index contributed by atoms with van der Waals surface area (Å²) in [5.41, 5.74) is 6.46. The highest BCUT2D eigenvalue weighted by atomic mass is 35.5. The highest BCUT2D eigenvalue weighted by Crippen LogP contribution is 2.27. The summed E-state index contributed by atoms with van der Waals surface area (Å²) in [5.74, 6) is 0.399. The van der Waals surface area contributed by atoms with Crippen molar-refractivity contribution >= 4 is 33.0 Å². The van der Waals surface area contributed by atoms with E-state index in [0.29, 0.717) is 22.1 Å². The van der Waals surface area contributed by atoms with Crippen LogP contribution in [0.3, 0.4) is 0 Å². The van der Waals surface area contributed by atoms with Crippen molar-refractivity contribution in [2.45, 2.75) is 4.90 Å². The van der Waals surface area contributed by atoms with E-state index in [1.54, 1.807) is 24.3 Å². The molecule has 3 N–H and O–H groups in total. The molecule has 0 saturated carbocycles. The summed E-state index contributed by atoms with van der Waals surface area (Å²) in [6, 6.07) is 10.6. The molecule has 0 saturated heterocycles. The second-order valence-corrected chi connectivity index (χ2v) is 6.14. The molecule has 2 aromatic carbocycles. The molecular weight excluding hydrogens is 300 g/mol. The molecule has 0 heterocycles. The van der Waals surface area contributed by atoms with Gasteiger partial charge in [0.2, 0.25) is 0 Å². The third kappa shape index (κ3) is 3.15. The van der Waals surface area contributed by atoms with E-state index in [4.69, 9.17) is 22.1 Å². The van der Waals surface area contributed by atoms with Gasteiger partial charge in [-0.25, -0.2) is 8.42 Å². The lowest BCUT2D eigenvalue weighted by atomic mass is 10.2. The van der Waals surface area contributed by atoms with Gasteiger partial charge < -0.3 is 10.5 Å². The second-order valence-electron chi connectivity index (χ2n) is 4.02. The van der Waals surface area contributed by atoms with Gasteiger partial charge in [0.05, 0.1) is 23.4 Å². The molecule has 2 aromatic rings. The smallest absolute Gasteiger partial charge is 0.261 e. The monoisotopic (exact) mass is 312 g/mol. The molecule has 106 valence electrons. The summed E-state index contributed by atoms with van der Waals surface area (Å²) in [4.78, 5) is 0.0841. The number of benzene rings is 2. The zero-order valence-electron chi connectivity index (χ0n) is 10.6. The van der Waals surface area contributed by atoms with Gasteiger partial charge in [-0.3, -0.25) is 4.72 Å². The zero-order valence-corrected chi connectivity index (χ0v) is 12.2. The van der Waals surface area contributed by atoms with Gasteiger partial charge >= 0.3 is 0 Å². The Morgan fingerprint density at radius 1 is 1.20 bits per heavy atom. The second kappa shape index (κ2) is 5.60. The van der Waals surface area contributed by atoms with Crippen molar-refractivity contribution in [2.75, 3.05) is 17.6 Å². The number of nitrogens with one attached hydrogen (secondary N) is 1. The topological polar surface area (TPSA) is 81.4 Å². The molecular formula is C13H13ClN2O3S. The molecule has 7 heteroatoms. The van der Waals surface area contributed by atoms with Crippen molar-refractivity contribution in [3.63, 3.8) is 0 Å². The Labute approximate surface area is 122 Å². The van der Waals surface area contributed by atoms with Crippen LogP contribution in [0.15, 0.2) is 47.4 Å². The van der Waals surface area contributed by atoms with Crippen LogP contribution in [0.5, 0.6) is 5.75 Å². The van der Waals surface area contributed by atoms with Crippen molar-refractivity contribution < 1.29 is 13.2 Å². The minimum absolute atomic E-state index is 0.0841. The van der Waals surface area contributed by atoms with E-state index >= 15 is 0 Å². The van der Waals surface area contributed by atoms with Gasteiger partial charge in [0.1, 0.15) is 5.75 Å². The van der Waals surface area contributed by atoms with E-state index in [2.05, 4.69) is 4.72 Å². The molecule has 20 heavy (non-hydrogen) atoms. The summed E-state index contributed by atoms with van der Waals surface area (Å²) in [6.45, 7) is 0. The highest BCUT2D eigenvalue weighted by Gasteiger charge is 2.15. The first-order valence-electron chi connectivity index (χ1n) is 5.64. The van der Waals surface area contributed by atoms with Crippen LogP contribution < -0.4 is 15.2 Å². The molecule has 0 spiro atoms. The number of hydrogen-bond acceptors (Lipinski definition) is 4. The lowest BCUT2D eigenvalue weighted by Gasteiger charge is -2.10. The van der Waals surface area contributed by atoms with Gasteiger partial charge in [-0.2, -0.15) is 0 Å². The predicted octanol–water partition coefficient (Wildman–Crippen LogP) is 2.73. The molecule has 0 fully saturated rings. The van der Waals surface area contributed by atoms with Crippen molar-refractivity contribution in [3.05, 3.63) is 47.5 Å². The molecule has 0 aliphatic heterocycles. The lowest BCUT2D eigenvalue weighted by Crippen LogP contribution is -2.13. The van der Waals surface area contributed by atoms with E-state index in [1.165, 1.54) is 25.3 Å². The fraction of sp³-hybridized carbons (Fsp3) is 0.0769. The lowest BCUT2D eigenvalue weighted by molar-refractivity contribution is 0.417. The SMILES string of the molecule is COc1cc(NS(=O)(=O)c2cccc(Cl)c2)ccc1N. The van der Waals surface area contributed by atoms with Gasteiger partial charge in [0, 0.05) is 11.1 Å².